The highest BCUT2D eigenvalue weighted by atomic mass is 35.5. The van der Waals surface area contributed by atoms with Gasteiger partial charge in [0.2, 0.25) is 0 Å². The number of rotatable bonds is 3. The largest absolute Gasteiger partial charge is 0.477 e. The van der Waals surface area contributed by atoms with Crippen molar-refractivity contribution in [1.29, 1.82) is 0 Å². The van der Waals surface area contributed by atoms with E-state index in [1.165, 1.54) is 11.6 Å². The molecule has 1 aromatic carbocycles. The predicted molar refractivity (Wildman–Crippen MR) is 68.8 cm³/mol. The van der Waals surface area contributed by atoms with E-state index in [0.717, 1.165) is 12.0 Å². The molecule has 2 aromatic rings. The van der Waals surface area contributed by atoms with Gasteiger partial charge in [0.25, 0.3) is 0 Å². The third-order valence-corrected chi connectivity index (χ3v) is 2.73. The highest BCUT2D eigenvalue weighted by molar-refractivity contribution is 6.29. The maximum absolute atomic E-state index is 10.9. The van der Waals surface area contributed by atoms with Crippen molar-refractivity contribution >= 4 is 17.6 Å². The molecule has 2 rings (SSSR count). The summed E-state index contributed by atoms with van der Waals surface area (Å²) in [5.74, 6) is -0.798. The first-order valence-corrected chi connectivity index (χ1v) is 5.85. The van der Waals surface area contributed by atoms with Crippen LogP contribution in [0.3, 0.4) is 0 Å². The summed E-state index contributed by atoms with van der Waals surface area (Å²) in [6.45, 7) is 2.06. The minimum Gasteiger partial charge on any atom is -0.477 e. The van der Waals surface area contributed by atoms with Gasteiger partial charge in [0.1, 0.15) is 5.15 Å². The van der Waals surface area contributed by atoms with E-state index < -0.39 is 5.97 Å². The second-order valence-corrected chi connectivity index (χ2v) is 4.14. The fourth-order valence-corrected chi connectivity index (χ4v) is 1.73. The maximum atomic E-state index is 10.9. The molecule has 1 N–H and O–H groups in total. The molecule has 0 atom stereocenters. The van der Waals surface area contributed by atoms with E-state index in [2.05, 4.69) is 16.9 Å². The molecule has 92 valence electrons. The van der Waals surface area contributed by atoms with Gasteiger partial charge in [0, 0.05) is 11.6 Å². The van der Waals surface area contributed by atoms with E-state index in [4.69, 9.17) is 16.7 Å². The summed E-state index contributed by atoms with van der Waals surface area (Å²) in [7, 11) is 0. The number of carboxylic acids is 1. The van der Waals surface area contributed by atoms with E-state index in [1.807, 2.05) is 24.3 Å². The van der Waals surface area contributed by atoms with Crippen molar-refractivity contribution in [3.05, 3.63) is 46.7 Å². The Morgan fingerprint density at radius 3 is 2.50 bits per heavy atom. The van der Waals surface area contributed by atoms with Crippen LogP contribution in [-0.4, -0.2) is 21.0 Å². The lowest BCUT2D eigenvalue weighted by Gasteiger charge is -2.03. The molecule has 0 fully saturated rings. The molecule has 0 spiro atoms. The Morgan fingerprint density at radius 1 is 1.28 bits per heavy atom. The second-order valence-electron chi connectivity index (χ2n) is 3.76. The lowest BCUT2D eigenvalue weighted by atomic mass is 10.1. The average molecular weight is 263 g/mol. The van der Waals surface area contributed by atoms with Crippen LogP contribution in [-0.2, 0) is 6.42 Å². The quantitative estimate of drug-likeness (QED) is 0.864. The number of halogens is 1. The van der Waals surface area contributed by atoms with Gasteiger partial charge in [-0.3, -0.25) is 0 Å². The van der Waals surface area contributed by atoms with Crippen LogP contribution in [0.25, 0.3) is 11.4 Å². The van der Waals surface area contributed by atoms with Gasteiger partial charge in [-0.1, -0.05) is 42.8 Å². The number of nitrogens with zero attached hydrogens (tertiary/aromatic N) is 2. The van der Waals surface area contributed by atoms with Crippen molar-refractivity contribution < 1.29 is 9.90 Å². The van der Waals surface area contributed by atoms with Crippen LogP contribution in [0.15, 0.2) is 30.3 Å². The number of hydrogen-bond acceptors (Lipinski definition) is 3. The molecule has 4 nitrogen and oxygen atoms in total. The molecular formula is C13H11ClN2O2. The highest BCUT2D eigenvalue weighted by Gasteiger charge is 2.10. The molecule has 1 aromatic heterocycles. The number of carbonyl (C=O) groups is 1. The van der Waals surface area contributed by atoms with Crippen LogP contribution < -0.4 is 0 Å². The second kappa shape index (κ2) is 5.14. The summed E-state index contributed by atoms with van der Waals surface area (Å²) < 4.78 is 0. The molecule has 0 saturated carbocycles. The summed E-state index contributed by atoms with van der Waals surface area (Å²) in [6.07, 6.45) is 0.942. The third-order valence-electron chi connectivity index (χ3n) is 2.53. The molecule has 0 bridgehead atoms. The van der Waals surface area contributed by atoms with Gasteiger partial charge in [0.05, 0.1) is 0 Å². The summed E-state index contributed by atoms with van der Waals surface area (Å²) in [5.41, 5.74) is 1.83. The summed E-state index contributed by atoms with van der Waals surface area (Å²) in [5, 5.41) is 9.04. The van der Waals surface area contributed by atoms with Crippen molar-refractivity contribution in [2.75, 3.05) is 0 Å². The molecule has 0 aliphatic heterocycles. The summed E-state index contributed by atoms with van der Waals surface area (Å²) in [4.78, 5) is 18.9. The van der Waals surface area contributed by atoms with Gasteiger partial charge < -0.3 is 5.11 Å². The Balaban J connectivity index is 2.46. The molecule has 0 amide bonds. The van der Waals surface area contributed by atoms with E-state index >= 15 is 0 Å². The van der Waals surface area contributed by atoms with E-state index in [-0.39, 0.29) is 10.8 Å². The monoisotopic (exact) mass is 262 g/mol. The first-order chi connectivity index (χ1) is 8.60. The zero-order chi connectivity index (χ0) is 13.1. The fourth-order valence-electron chi connectivity index (χ4n) is 1.55. The standard InChI is InChI=1S/C13H11ClN2O2/c1-2-8-3-5-9(6-4-8)12-15-10(13(17)18)7-11(14)16-12/h3-7H,2H2,1H3,(H,17,18). The lowest BCUT2D eigenvalue weighted by molar-refractivity contribution is 0.0690. The first-order valence-electron chi connectivity index (χ1n) is 5.47. The van der Waals surface area contributed by atoms with Gasteiger partial charge in [-0.15, -0.1) is 0 Å². The fraction of sp³-hybridized carbons (Fsp3) is 0.154. The zero-order valence-corrected chi connectivity index (χ0v) is 10.5. The normalized spacial score (nSPS) is 10.3. The van der Waals surface area contributed by atoms with Crippen molar-refractivity contribution in [1.82, 2.24) is 9.97 Å². The lowest BCUT2D eigenvalue weighted by Crippen LogP contribution is -2.03. The third kappa shape index (κ3) is 2.65. The van der Waals surface area contributed by atoms with Gasteiger partial charge in [-0.25, -0.2) is 14.8 Å². The number of benzene rings is 1. The molecule has 0 aliphatic carbocycles. The smallest absolute Gasteiger partial charge is 0.354 e. The van der Waals surface area contributed by atoms with E-state index in [9.17, 15) is 4.79 Å². The van der Waals surface area contributed by atoms with Crippen LogP contribution in [0.4, 0.5) is 0 Å². The Hall–Kier alpha value is -1.94. The van der Waals surface area contributed by atoms with Gasteiger partial charge >= 0.3 is 5.97 Å². The Labute approximate surface area is 109 Å². The van der Waals surface area contributed by atoms with Crippen LogP contribution in [0.1, 0.15) is 23.0 Å². The summed E-state index contributed by atoms with van der Waals surface area (Å²) >= 11 is 5.79. The van der Waals surface area contributed by atoms with Crippen molar-refractivity contribution in [3.8, 4) is 11.4 Å². The van der Waals surface area contributed by atoms with E-state index in [0.29, 0.717) is 5.82 Å². The molecule has 0 radical (unpaired) electrons. The number of hydrogen-bond donors (Lipinski definition) is 1. The van der Waals surface area contributed by atoms with Crippen molar-refractivity contribution in [2.45, 2.75) is 13.3 Å². The van der Waals surface area contributed by atoms with Gasteiger partial charge in [-0.05, 0) is 12.0 Å². The number of carboxylic acid groups (broad SMARTS) is 1. The number of aromatic nitrogens is 2. The van der Waals surface area contributed by atoms with E-state index in [1.54, 1.807) is 0 Å². The van der Waals surface area contributed by atoms with Crippen LogP contribution in [0, 0.1) is 0 Å². The van der Waals surface area contributed by atoms with Crippen LogP contribution >= 0.6 is 11.6 Å². The minimum atomic E-state index is -1.12. The predicted octanol–water partition coefficient (Wildman–Crippen LogP) is 3.06. The maximum Gasteiger partial charge on any atom is 0.354 e. The Morgan fingerprint density at radius 2 is 1.94 bits per heavy atom. The zero-order valence-electron chi connectivity index (χ0n) is 9.72. The topological polar surface area (TPSA) is 63.1 Å². The molecular weight excluding hydrogens is 252 g/mol. The molecule has 18 heavy (non-hydrogen) atoms. The highest BCUT2D eigenvalue weighted by Crippen LogP contribution is 2.19. The minimum absolute atomic E-state index is 0.107. The number of aryl methyl sites for hydroxylation is 1. The molecule has 0 saturated heterocycles. The average Bonchev–Trinajstić information content (AvgIpc) is 2.38. The SMILES string of the molecule is CCc1ccc(-c2nc(Cl)cc(C(=O)O)n2)cc1. The molecule has 0 unspecified atom stereocenters. The summed E-state index contributed by atoms with van der Waals surface area (Å²) in [6, 6.07) is 8.86. The molecule has 1 heterocycles. The molecule has 0 aliphatic rings. The Kier molecular flexibility index (Phi) is 3.58. The van der Waals surface area contributed by atoms with Crippen LogP contribution in [0.5, 0.6) is 0 Å². The number of aromatic carboxylic acids is 1. The Bertz CT molecular complexity index is 582. The van der Waals surface area contributed by atoms with Gasteiger partial charge in [0.15, 0.2) is 11.5 Å². The van der Waals surface area contributed by atoms with Gasteiger partial charge in [-0.2, -0.15) is 0 Å². The van der Waals surface area contributed by atoms with Crippen molar-refractivity contribution in [3.63, 3.8) is 0 Å². The molecule has 5 heteroatoms. The van der Waals surface area contributed by atoms with Crippen LogP contribution in [0.2, 0.25) is 5.15 Å². The first kappa shape index (κ1) is 12.5. The van der Waals surface area contributed by atoms with Crippen molar-refractivity contribution in [2.24, 2.45) is 0 Å².